The number of amides is 2. The Kier molecular flexibility index (Phi) is 8.15. The Balaban J connectivity index is 2.31. The molecule has 0 spiro atoms. The summed E-state index contributed by atoms with van der Waals surface area (Å²) in [5, 5.41) is 14.5. The van der Waals surface area contributed by atoms with E-state index in [1.807, 2.05) is 6.92 Å². The zero-order chi connectivity index (χ0) is 21.4. The van der Waals surface area contributed by atoms with Crippen LogP contribution in [0.15, 0.2) is 48.5 Å². The molecule has 0 fully saturated rings. The van der Waals surface area contributed by atoms with E-state index in [0.717, 1.165) is 6.42 Å². The van der Waals surface area contributed by atoms with Crippen LogP contribution in [0.1, 0.15) is 31.4 Å². The normalized spacial score (nSPS) is 11.6. The first-order valence-corrected chi connectivity index (χ1v) is 9.75. The van der Waals surface area contributed by atoms with Crippen molar-refractivity contribution in [1.82, 2.24) is 10.2 Å². The molecule has 0 bridgehead atoms. The van der Waals surface area contributed by atoms with Crippen molar-refractivity contribution in [1.29, 1.82) is 0 Å². The molecule has 0 saturated carbocycles. The zero-order valence-corrected chi connectivity index (χ0v) is 17.2. The lowest BCUT2D eigenvalue weighted by Crippen LogP contribution is -2.48. The number of carbonyl (C=O) groups is 2. The molecule has 0 aliphatic carbocycles. The molecule has 154 valence electrons. The Hall–Kier alpha value is -2.93. The third-order valence-corrected chi connectivity index (χ3v) is 4.91. The minimum Gasteiger partial charge on any atom is -0.354 e. The van der Waals surface area contributed by atoms with E-state index in [1.54, 1.807) is 49.4 Å². The van der Waals surface area contributed by atoms with Crippen molar-refractivity contribution in [3.05, 3.63) is 74.8 Å². The summed E-state index contributed by atoms with van der Waals surface area (Å²) in [5.74, 6) is -0.673. The Bertz CT molecular complexity index is 888. The van der Waals surface area contributed by atoms with Crippen molar-refractivity contribution < 1.29 is 14.5 Å². The minimum absolute atomic E-state index is 0.123. The predicted octanol–water partition coefficient (Wildman–Crippen LogP) is 3.73. The first-order valence-electron chi connectivity index (χ1n) is 9.38. The fourth-order valence-electron chi connectivity index (χ4n) is 2.89. The summed E-state index contributed by atoms with van der Waals surface area (Å²) >= 11 is 6.24. The number of carbonyl (C=O) groups excluding carboxylic acids is 2. The molecule has 8 heteroatoms. The largest absolute Gasteiger partial charge is 0.354 e. The first kappa shape index (κ1) is 22.4. The summed E-state index contributed by atoms with van der Waals surface area (Å²) in [6.07, 6.45) is 0.583. The van der Waals surface area contributed by atoms with E-state index >= 15 is 0 Å². The summed E-state index contributed by atoms with van der Waals surface area (Å²) in [7, 11) is 0. The van der Waals surface area contributed by atoms with Gasteiger partial charge in [-0.05, 0) is 25.0 Å². The van der Waals surface area contributed by atoms with Crippen molar-refractivity contribution >= 4 is 29.1 Å². The second-order valence-corrected chi connectivity index (χ2v) is 7.05. The molecule has 29 heavy (non-hydrogen) atoms. The van der Waals surface area contributed by atoms with E-state index < -0.39 is 16.9 Å². The highest BCUT2D eigenvalue weighted by atomic mass is 35.5. The minimum atomic E-state index is -0.756. The van der Waals surface area contributed by atoms with Gasteiger partial charge in [0.25, 0.3) is 5.69 Å². The van der Waals surface area contributed by atoms with Gasteiger partial charge in [0.2, 0.25) is 11.8 Å². The summed E-state index contributed by atoms with van der Waals surface area (Å²) < 4.78 is 0. The van der Waals surface area contributed by atoms with E-state index in [2.05, 4.69) is 5.32 Å². The van der Waals surface area contributed by atoms with Gasteiger partial charge in [-0.1, -0.05) is 54.9 Å². The average Bonchev–Trinajstić information content (AvgIpc) is 2.71. The fraction of sp³-hybridized carbons (Fsp3) is 0.333. The lowest BCUT2D eigenvalue weighted by molar-refractivity contribution is -0.385. The van der Waals surface area contributed by atoms with E-state index in [9.17, 15) is 19.7 Å². The van der Waals surface area contributed by atoms with Gasteiger partial charge in [0.15, 0.2) is 0 Å². The van der Waals surface area contributed by atoms with Crippen molar-refractivity contribution in [3.8, 4) is 0 Å². The number of rotatable bonds is 9. The number of nitro groups is 1. The highest BCUT2D eigenvalue weighted by Crippen LogP contribution is 2.22. The molecule has 7 nitrogen and oxygen atoms in total. The second-order valence-electron chi connectivity index (χ2n) is 6.64. The van der Waals surface area contributed by atoms with Crippen molar-refractivity contribution in [2.45, 2.75) is 39.3 Å². The van der Waals surface area contributed by atoms with Crippen LogP contribution in [0, 0.1) is 10.1 Å². The monoisotopic (exact) mass is 417 g/mol. The molecule has 1 N–H and O–H groups in total. The zero-order valence-electron chi connectivity index (χ0n) is 16.4. The van der Waals surface area contributed by atoms with Crippen LogP contribution in [0.4, 0.5) is 5.69 Å². The van der Waals surface area contributed by atoms with Gasteiger partial charge in [0, 0.05) is 29.7 Å². The standard InChI is InChI=1S/C21H24ClN3O4/c1-3-12-23-21(27)15(2)24(14-17-9-4-6-10-18(17)22)20(26)13-16-8-5-7-11-19(16)25(28)29/h4-11,15H,3,12-14H2,1-2H3,(H,23,27). The summed E-state index contributed by atoms with van der Waals surface area (Å²) in [5.41, 5.74) is 0.870. The molecular weight excluding hydrogens is 394 g/mol. The van der Waals surface area contributed by atoms with Gasteiger partial charge in [0.1, 0.15) is 6.04 Å². The molecule has 2 rings (SSSR count). The number of hydrogen-bond donors (Lipinski definition) is 1. The van der Waals surface area contributed by atoms with Crippen molar-refractivity contribution in [2.75, 3.05) is 6.54 Å². The van der Waals surface area contributed by atoms with Gasteiger partial charge in [-0.25, -0.2) is 0 Å². The van der Waals surface area contributed by atoms with E-state index in [0.29, 0.717) is 22.7 Å². The van der Waals surface area contributed by atoms with Crippen molar-refractivity contribution in [3.63, 3.8) is 0 Å². The molecule has 2 amide bonds. The van der Waals surface area contributed by atoms with Crippen molar-refractivity contribution in [2.24, 2.45) is 0 Å². The van der Waals surface area contributed by atoms with Gasteiger partial charge < -0.3 is 10.2 Å². The Morgan fingerprint density at radius 2 is 1.76 bits per heavy atom. The molecule has 0 aromatic heterocycles. The second kappa shape index (κ2) is 10.6. The average molecular weight is 418 g/mol. The Morgan fingerprint density at radius 1 is 1.14 bits per heavy atom. The number of halogens is 1. The lowest BCUT2D eigenvalue weighted by Gasteiger charge is -2.29. The summed E-state index contributed by atoms with van der Waals surface area (Å²) in [4.78, 5) is 37.8. The van der Waals surface area contributed by atoms with E-state index in [4.69, 9.17) is 11.6 Å². The van der Waals surface area contributed by atoms with Crippen LogP contribution < -0.4 is 5.32 Å². The molecular formula is C21H24ClN3O4. The Labute approximate surface area is 174 Å². The quantitative estimate of drug-likeness (QED) is 0.497. The third-order valence-electron chi connectivity index (χ3n) is 4.55. The van der Waals surface area contributed by atoms with Crippen LogP contribution in [-0.2, 0) is 22.6 Å². The molecule has 0 heterocycles. The number of nitrogens with zero attached hydrogens (tertiary/aromatic N) is 2. The first-order chi connectivity index (χ1) is 13.8. The smallest absolute Gasteiger partial charge is 0.273 e. The van der Waals surface area contributed by atoms with Crippen LogP contribution in [0.3, 0.4) is 0 Å². The van der Waals surface area contributed by atoms with Crippen LogP contribution >= 0.6 is 11.6 Å². The Morgan fingerprint density at radius 3 is 2.38 bits per heavy atom. The van der Waals surface area contributed by atoms with Crippen LogP contribution in [0.2, 0.25) is 5.02 Å². The number of nitro benzene ring substituents is 1. The molecule has 1 unspecified atom stereocenters. The molecule has 2 aromatic carbocycles. The van der Waals surface area contributed by atoms with Crippen LogP contribution in [0.25, 0.3) is 0 Å². The molecule has 2 aromatic rings. The molecule has 0 saturated heterocycles. The van der Waals surface area contributed by atoms with E-state index in [1.165, 1.54) is 11.0 Å². The molecule has 0 aliphatic heterocycles. The summed E-state index contributed by atoms with van der Waals surface area (Å²) in [6, 6.07) is 12.4. The topological polar surface area (TPSA) is 92.6 Å². The SMILES string of the molecule is CCCNC(=O)C(C)N(Cc1ccccc1Cl)C(=O)Cc1ccccc1[N+](=O)[O-]. The lowest BCUT2D eigenvalue weighted by atomic mass is 10.1. The van der Waals surface area contributed by atoms with E-state index in [-0.39, 0.29) is 24.6 Å². The number of hydrogen-bond acceptors (Lipinski definition) is 4. The highest BCUT2D eigenvalue weighted by molar-refractivity contribution is 6.31. The maximum absolute atomic E-state index is 13.1. The van der Waals surface area contributed by atoms with Gasteiger partial charge in [-0.2, -0.15) is 0 Å². The van der Waals surface area contributed by atoms with Crippen LogP contribution in [0.5, 0.6) is 0 Å². The predicted molar refractivity (Wildman–Crippen MR) is 112 cm³/mol. The van der Waals surface area contributed by atoms with Gasteiger partial charge in [-0.15, -0.1) is 0 Å². The van der Waals surface area contributed by atoms with Gasteiger partial charge in [0.05, 0.1) is 11.3 Å². The molecule has 0 radical (unpaired) electrons. The molecule has 0 aliphatic rings. The maximum atomic E-state index is 13.1. The number of nitrogens with one attached hydrogen (secondary N) is 1. The van der Waals surface area contributed by atoms with Gasteiger partial charge in [-0.3, -0.25) is 19.7 Å². The highest BCUT2D eigenvalue weighted by Gasteiger charge is 2.28. The van der Waals surface area contributed by atoms with Gasteiger partial charge >= 0.3 is 0 Å². The number of benzene rings is 2. The molecule has 1 atom stereocenters. The number of para-hydroxylation sites is 1. The van der Waals surface area contributed by atoms with Crippen LogP contribution in [-0.4, -0.2) is 34.2 Å². The third kappa shape index (κ3) is 6.02. The fourth-order valence-corrected chi connectivity index (χ4v) is 3.09. The maximum Gasteiger partial charge on any atom is 0.273 e. The summed E-state index contributed by atoms with van der Waals surface area (Å²) in [6.45, 7) is 4.20.